The van der Waals surface area contributed by atoms with Crippen molar-refractivity contribution in [1.82, 2.24) is 4.98 Å². The zero-order valence-electron chi connectivity index (χ0n) is 31.2. The molecule has 0 radical (unpaired) electrons. The molecule has 260 valence electrons. The van der Waals surface area contributed by atoms with Crippen molar-refractivity contribution in [2.45, 2.75) is 131 Å². The Morgan fingerprint density at radius 1 is 0.653 bits per heavy atom. The van der Waals surface area contributed by atoms with E-state index in [-0.39, 0.29) is 23.7 Å². The fourth-order valence-corrected chi connectivity index (χ4v) is 7.98. The molecule has 0 spiro atoms. The van der Waals surface area contributed by atoms with Crippen molar-refractivity contribution >= 4 is 33.3 Å². The molecule has 1 heterocycles. The Morgan fingerprint density at radius 3 is 1.92 bits per heavy atom. The molecule has 49 heavy (non-hydrogen) atoms. The zero-order chi connectivity index (χ0) is 35.0. The Balaban J connectivity index is 0.000000165. The van der Waals surface area contributed by atoms with Gasteiger partial charge in [0.2, 0.25) is 0 Å². The van der Waals surface area contributed by atoms with Crippen molar-refractivity contribution in [3.05, 3.63) is 135 Å². The fourth-order valence-electron chi connectivity index (χ4n) is 7.67. The molecule has 2 heteroatoms. The first-order valence-corrected chi connectivity index (χ1v) is 18.2. The molecule has 2 aliphatic carbocycles. The molecule has 0 aliphatic heterocycles. The number of hydrogen-bond acceptors (Lipinski definition) is 1. The van der Waals surface area contributed by atoms with Gasteiger partial charge in [0.1, 0.15) is 0 Å². The predicted octanol–water partition coefficient (Wildman–Crippen LogP) is 13.8. The molecule has 1 nitrogen and oxygen atoms in total. The van der Waals surface area contributed by atoms with E-state index in [9.17, 15) is 0 Å². The maximum Gasteiger partial charge on any atom is 0.0708 e. The van der Waals surface area contributed by atoms with E-state index < -0.39 is 0 Å². The highest BCUT2D eigenvalue weighted by Gasteiger charge is 2.26. The molecule has 1 aromatic heterocycles. The molecule has 0 atom stereocenters. The number of para-hydroxylation sites is 1. The third-order valence-electron chi connectivity index (χ3n) is 9.83. The summed E-state index contributed by atoms with van der Waals surface area (Å²) in [5.41, 5.74) is 14.3. The van der Waals surface area contributed by atoms with E-state index in [1.807, 2.05) is 0 Å². The van der Waals surface area contributed by atoms with Crippen molar-refractivity contribution in [1.29, 1.82) is 0 Å². The highest BCUT2D eigenvalue weighted by Crippen LogP contribution is 2.38. The van der Waals surface area contributed by atoms with Gasteiger partial charge in [-0.2, -0.15) is 0 Å². The van der Waals surface area contributed by atoms with Gasteiger partial charge < -0.3 is 0 Å². The van der Waals surface area contributed by atoms with E-state index in [1.165, 1.54) is 91.1 Å². The average Bonchev–Trinajstić information content (AvgIpc) is 3.39. The van der Waals surface area contributed by atoms with E-state index in [1.54, 1.807) is 0 Å². The van der Waals surface area contributed by atoms with Gasteiger partial charge in [-0.3, -0.25) is 4.98 Å². The molecule has 0 saturated heterocycles. The fraction of sp³-hybridized carbons (Fsp3) is 0.426. The van der Waals surface area contributed by atoms with Crippen LogP contribution in [0.1, 0.15) is 127 Å². The lowest BCUT2D eigenvalue weighted by Crippen LogP contribution is -2.19. The van der Waals surface area contributed by atoms with Crippen LogP contribution >= 0.6 is 11.6 Å². The van der Waals surface area contributed by atoms with Crippen LogP contribution in [0.4, 0.5) is 0 Å². The summed E-state index contributed by atoms with van der Waals surface area (Å²) < 4.78 is 0. The number of fused-ring (bicyclic) bond motifs is 4. The molecule has 0 unspecified atom stereocenters. The number of aromatic nitrogens is 1. The van der Waals surface area contributed by atoms with Crippen LogP contribution in [0.5, 0.6) is 0 Å². The number of aryl methyl sites for hydroxylation is 2. The zero-order valence-corrected chi connectivity index (χ0v) is 32.0. The van der Waals surface area contributed by atoms with Crippen LogP contribution in [0.25, 0.3) is 21.7 Å². The van der Waals surface area contributed by atoms with Crippen molar-refractivity contribution in [3.8, 4) is 0 Å². The topological polar surface area (TPSA) is 12.9 Å². The minimum absolute atomic E-state index is 0. The van der Waals surface area contributed by atoms with E-state index in [2.05, 4.69) is 149 Å². The molecule has 0 fully saturated rings. The maximum atomic E-state index is 6.31. The number of pyridine rings is 1. The standard InChI is InChI=1S/C17H21N.C15H18.C14H17Cl.CH4/c1-17(2,3)16-12-8-4-6-10-14(12)18-15-11-7-5-9-13(15)16;1-11-9-10-12-7-5-6-8-13(12)14(11)15(2,3)4;1-9-5-10-7-11(14(2,3)4)8-13(15)12(10)6-9;/h4,6,8,10H,5,7,9,11H2,1-3H3;5-10H,1-4H3;7-8H,1,5-6H2,2-4H3;1H4. The summed E-state index contributed by atoms with van der Waals surface area (Å²) in [6, 6.07) is 26.1. The maximum absolute atomic E-state index is 6.31. The minimum atomic E-state index is 0. The molecular weight excluding hydrogens is 614 g/mol. The molecule has 5 aromatic rings. The molecule has 0 bridgehead atoms. The second-order valence-electron chi connectivity index (χ2n) is 17.1. The molecule has 7 rings (SSSR count). The molecule has 2 aliphatic rings. The van der Waals surface area contributed by atoms with Crippen molar-refractivity contribution in [3.63, 3.8) is 0 Å². The van der Waals surface area contributed by atoms with Crippen LogP contribution in [0, 0.1) is 6.92 Å². The van der Waals surface area contributed by atoms with E-state index in [4.69, 9.17) is 16.6 Å². The summed E-state index contributed by atoms with van der Waals surface area (Å²) in [5.74, 6) is 0. The lowest BCUT2D eigenvalue weighted by molar-refractivity contribution is 0.570. The van der Waals surface area contributed by atoms with Gasteiger partial charge in [-0.15, -0.1) is 0 Å². The van der Waals surface area contributed by atoms with Crippen molar-refractivity contribution in [2.75, 3.05) is 0 Å². The quantitative estimate of drug-likeness (QED) is 0.149. The smallest absolute Gasteiger partial charge is 0.0708 e. The van der Waals surface area contributed by atoms with E-state index in [0.717, 1.165) is 24.3 Å². The van der Waals surface area contributed by atoms with Crippen LogP contribution < -0.4 is 0 Å². The highest BCUT2D eigenvalue weighted by molar-refractivity contribution is 6.31. The summed E-state index contributed by atoms with van der Waals surface area (Å²) in [5, 5.41) is 5.00. The summed E-state index contributed by atoms with van der Waals surface area (Å²) >= 11 is 6.31. The molecular formula is C47H60ClN. The van der Waals surface area contributed by atoms with Crippen LogP contribution in [-0.2, 0) is 41.9 Å². The number of benzene rings is 4. The summed E-state index contributed by atoms with van der Waals surface area (Å²) in [4.78, 5) is 4.89. The molecule has 4 aromatic carbocycles. The first kappa shape index (κ1) is 38.4. The SMILES string of the molecule is C.C=C1Cc2cc(C(C)(C)C)cc(Cl)c2C1.CC(C)(C)c1c2c(nc3ccccc13)CCCC2.Cc1ccc2ccccc2c1C(C)(C)C. The third-order valence-corrected chi connectivity index (χ3v) is 10.2. The Bertz CT molecular complexity index is 1960. The first-order chi connectivity index (χ1) is 22.4. The Hall–Kier alpha value is -3.42. The van der Waals surface area contributed by atoms with Gasteiger partial charge in [0, 0.05) is 16.1 Å². The third kappa shape index (κ3) is 8.67. The first-order valence-electron chi connectivity index (χ1n) is 17.8. The Labute approximate surface area is 303 Å². The number of halogens is 1. The van der Waals surface area contributed by atoms with E-state index in [0.29, 0.717) is 0 Å². The van der Waals surface area contributed by atoms with Gasteiger partial charge in [-0.1, -0.05) is 154 Å². The Kier molecular flexibility index (Phi) is 11.6. The van der Waals surface area contributed by atoms with Gasteiger partial charge in [0.25, 0.3) is 0 Å². The second-order valence-corrected chi connectivity index (χ2v) is 17.5. The predicted molar refractivity (Wildman–Crippen MR) is 218 cm³/mol. The van der Waals surface area contributed by atoms with Crippen LogP contribution in [0.15, 0.2) is 84.9 Å². The molecule has 0 N–H and O–H groups in total. The minimum Gasteiger partial charge on any atom is -0.253 e. The highest BCUT2D eigenvalue weighted by atomic mass is 35.5. The summed E-state index contributed by atoms with van der Waals surface area (Å²) in [6.07, 6.45) is 6.93. The van der Waals surface area contributed by atoms with Gasteiger partial charge in [0.15, 0.2) is 0 Å². The average molecular weight is 674 g/mol. The number of hydrogen-bond donors (Lipinski definition) is 0. The van der Waals surface area contributed by atoms with Crippen molar-refractivity contribution < 1.29 is 0 Å². The largest absolute Gasteiger partial charge is 0.253 e. The number of rotatable bonds is 0. The Morgan fingerprint density at radius 2 is 1.27 bits per heavy atom. The van der Waals surface area contributed by atoms with Gasteiger partial charge in [0.05, 0.1) is 5.52 Å². The summed E-state index contributed by atoms with van der Waals surface area (Å²) in [7, 11) is 0. The van der Waals surface area contributed by atoms with Crippen molar-refractivity contribution in [2.24, 2.45) is 0 Å². The normalized spacial score (nSPS) is 14.2. The molecule has 0 saturated carbocycles. The number of allylic oxidation sites excluding steroid dienone is 1. The summed E-state index contributed by atoms with van der Waals surface area (Å²) in [6.45, 7) is 26.7. The van der Waals surface area contributed by atoms with Crippen LogP contribution in [0.3, 0.4) is 0 Å². The van der Waals surface area contributed by atoms with Gasteiger partial charge in [-0.05, 0) is 124 Å². The van der Waals surface area contributed by atoms with Crippen LogP contribution in [0.2, 0.25) is 5.02 Å². The van der Waals surface area contributed by atoms with E-state index >= 15 is 0 Å². The second kappa shape index (κ2) is 14.8. The van der Waals surface area contributed by atoms with Gasteiger partial charge >= 0.3 is 0 Å². The van der Waals surface area contributed by atoms with Gasteiger partial charge in [-0.25, -0.2) is 0 Å². The van der Waals surface area contributed by atoms with Crippen LogP contribution in [-0.4, -0.2) is 4.98 Å². The monoisotopic (exact) mass is 673 g/mol. The lowest BCUT2D eigenvalue weighted by Gasteiger charge is -2.28. The number of nitrogens with zero attached hydrogens (tertiary/aromatic N) is 1. The lowest BCUT2D eigenvalue weighted by atomic mass is 9.78. The molecule has 0 amide bonds.